The summed E-state index contributed by atoms with van der Waals surface area (Å²) < 4.78 is 2.07. The molecule has 0 saturated carbocycles. The number of aromatic nitrogens is 2. The first kappa shape index (κ1) is 20.7. The third-order valence-corrected chi connectivity index (χ3v) is 6.72. The van der Waals surface area contributed by atoms with E-state index in [0.717, 1.165) is 49.1 Å². The Morgan fingerprint density at radius 1 is 1.00 bits per heavy atom. The van der Waals surface area contributed by atoms with Crippen molar-refractivity contribution in [2.75, 3.05) is 26.2 Å². The molecule has 2 aromatic carbocycles. The van der Waals surface area contributed by atoms with Gasteiger partial charge in [0.25, 0.3) is 0 Å². The molecule has 1 atom stereocenters. The van der Waals surface area contributed by atoms with Crippen LogP contribution in [-0.2, 0) is 18.4 Å². The Balaban J connectivity index is 1.32. The molecule has 6 heteroatoms. The molecule has 1 aliphatic heterocycles. The number of hydrogen-bond donors (Lipinski definition) is 0. The molecule has 0 radical (unpaired) electrons. The van der Waals surface area contributed by atoms with Crippen LogP contribution in [-0.4, -0.2) is 56.7 Å². The summed E-state index contributed by atoms with van der Waals surface area (Å²) in [6, 6.07) is 20.7. The largest absolute Gasteiger partial charge is 0.339 e. The van der Waals surface area contributed by atoms with Crippen molar-refractivity contribution in [2.45, 2.75) is 23.9 Å². The van der Waals surface area contributed by atoms with Crippen LogP contribution >= 0.6 is 11.8 Å². The van der Waals surface area contributed by atoms with Crippen LogP contribution in [0.1, 0.15) is 12.5 Å². The lowest BCUT2D eigenvalue weighted by Crippen LogP contribution is -2.50. The molecule has 0 bridgehead atoms. The number of carbonyl (C=O) groups excluding carboxylic acids is 1. The average Bonchev–Trinajstić information content (AvgIpc) is 3.15. The number of carbonyl (C=O) groups is 1. The van der Waals surface area contributed by atoms with Gasteiger partial charge in [-0.25, -0.2) is 4.98 Å². The number of benzene rings is 2. The fourth-order valence-electron chi connectivity index (χ4n) is 3.81. The quantitative estimate of drug-likeness (QED) is 0.567. The first-order valence-electron chi connectivity index (χ1n) is 10.4. The molecule has 3 aromatic rings. The molecule has 0 aliphatic carbocycles. The second-order valence-corrected chi connectivity index (χ2v) is 9.01. The molecular formula is C24H28N4OS. The molecule has 0 N–H and O–H groups in total. The van der Waals surface area contributed by atoms with Gasteiger partial charge in [-0.1, -0.05) is 72.4 Å². The predicted molar refractivity (Wildman–Crippen MR) is 122 cm³/mol. The van der Waals surface area contributed by atoms with Gasteiger partial charge < -0.3 is 9.47 Å². The van der Waals surface area contributed by atoms with E-state index in [4.69, 9.17) is 0 Å². The van der Waals surface area contributed by atoms with Gasteiger partial charge in [-0.3, -0.25) is 9.69 Å². The molecule has 0 spiro atoms. The van der Waals surface area contributed by atoms with E-state index in [1.165, 1.54) is 17.3 Å². The van der Waals surface area contributed by atoms with Crippen LogP contribution in [0.5, 0.6) is 0 Å². The zero-order valence-corrected chi connectivity index (χ0v) is 18.4. The zero-order valence-electron chi connectivity index (χ0n) is 17.6. The van der Waals surface area contributed by atoms with Gasteiger partial charge in [-0.2, -0.15) is 0 Å². The van der Waals surface area contributed by atoms with Gasteiger partial charge in [0.05, 0.1) is 17.1 Å². The lowest BCUT2D eigenvalue weighted by molar-refractivity contribution is -0.132. The number of hydrogen-bond acceptors (Lipinski definition) is 4. The van der Waals surface area contributed by atoms with E-state index in [9.17, 15) is 4.79 Å². The van der Waals surface area contributed by atoms with Crippen molar-refractivity contribution in [2.24, 2.45) is 7.05 Å². The topological polar surface area (TPSA) is 41.4 Å². The van der Waals surface area contributed by atoms with E-state index in [1.807, 2.05) is 49.3 Å². The Labute approximate surface area is 182 Å². The maximum absolute atomic E-state index is 13.0. The molecule has 4 rings (SSSR count). The minimum Gasteiger partial charge on any atom is -0.339 e. The van der Waals surface area contributed by atoms with Gasteiger partial charge in [0.15, 0.2) is 5.16 Å². The van der Waals surface area contributed by atoms with Crippen LogP contribution in [0.3, 0.4) is 0 Å². The fourth-order valence-corrected chi connectivity index (χ4v) is 4.75. The highest BCUT2D eigenvalue weighted by Crippen LogP contribution is 2.28. The number of piperazine rings is 1. The standard InChI is InChI=1S/C24H28N4OS/c1-19(30-24-25-17-22(26(24)2)21-11-7-4-8-12-21)23(29)28-15-13-27(14-16-28)18-20-9-5-3-6-10-20/h3-12,17,19H,13-16,18H2,1-2H3/t19-/m0/s1. The van der Waals surface area contributed by atoms with E-state index < -0.39 is 0 Å². The van der Waals surface area contributed by atoms with Gasteiger partial charge in [-0.15, -0.1) is 0 Å². The number of imidazole rings is 1. The van der Waals surface area contributed by atoms with Crippen LogP contribution in [0, 0.1) is 0 Å². The van der Waals surface area contributed by atoms with E-state index in [1.54, 1.807) is 0 Å². The summed E-state index contributed by atoms with van der Waals surface area (Å²) in [4.78, 5) is 22.0. The molecule has 5 nitrogen and oxygen atoms in total. The lowest BCUT2D eigenvalue weighted by Gasteiger charge is -2.35. The molecular weight excluding hydrogens is 392 g/mol. The smallest absolute Gasteiger partial charge is 0.235 e. The van der Waals surface area contributed by atoms with E-state index in [-0.39, 0.29) is 11.2 Å². The first-order chi connectivity index (χ1) is 14.6. The summed E-state index contributed by atoms with van der Waals surface area (Å²) in [5, 5.41) is 0.716. The molecule has 1 aliphatic rings. The Bertz CT molecular complexity index is 965. The molecule has 1 fully saturated rings. The monoisotopic (exact) mass is 420 g/mol. The summed E-state index contributed by atoms with van der Waals surface area (Å²) in [7, 11) is 2.01. The van der Waals surface area contributed by atoms with Crippen molar-refractivity contribution >= 4 is 17.7 Å². The van der Waals surface area contributed by atoms with Crippen LogP contribution in [0.25, 0.3) is 11.3 Å². The molecule has 1 aromatic heterocycles. The summed E-state index contributed by atoms with van der Waals surface area (Å²) in [6.07, 6.45) is 1.89. The van der Waals surface area contributed by atoms with Crippen molar-refractivity contribution in [1.29, 1.82) is 0 Å². The summed E-state index contributed by atoms with van der Waals surface area (Å²) >= 11 is 1.54. The van der Waals surface area contributed by atoms with Gasteiger partial charge in [-0.05, 0) is 18.1 Å². The Kier molecular flexibility index (Phi) is 6.55. The average molecular weight is 421 g/mol. The maximum Gasteiger partial charge on any atom is 0.235 e. The van der Waals surface area contributed by atoms with Gasteiger partial charge in [0.2, 0.25) is 5.91 Å². The first-order valence-corrected chi connectivity index (χ1v) is 11.3. The molecule has 1 saturated heterocycles. The number of thioether (sulfide) groups is 1. The third kappa shape index (κ3) is 4.77. The van der Waals surface area contributed by atoms with Gasteiger partial charge >= 0.3 is 0 Å². The molecule has 156 valence electrons. The van der Waals surface area contributed by atoms with Crippen LogP contribution < -0.4 is 0 Å². The van der Waals surface area contributed by atoms with Crippen LogP contribution in [0.2, 0.25) is 0 Å². The highest BCUT2D eigenvalue weighted by molar-refractivity contribution is 8.00. The molecule has 30 heavy (non-hydrogen) atoms. The minimum atomic E-state index is -0.157. The number of rotatable bonds is 6. The third-order valence-electron chi connectivity index (χ3n) is 5.58. The van der Waals surface area contributed by atoms with E-state index in [2.05, 4.69) is 50.8 Å². The molecule has 2 heterocycles. The van der Waals surface area contributed by atoms with Gasteiger partial charge in [0, 0.05) is 39.8 Å². The van der Waals surface area contributed by atoms with Crippen LogP contribution in [0.4, 0.5) is 0 Å². The van der Waals surface area contributed by atoms with E-state index in [0.29, 0.717) is 0 Å². The van der Waals surface area contributed by atoms with Gasteiger partial charge in [0.1, 0.15) is 0 Å². The lowest BCUT2D eigenvalue weighted by atomic mass is 10.2. The van der Waals surface area contributed by atoms with Crippen molar-refractivity contribution in [3.8, 4) is 11.3 Å². The predicted octanol–water partition coefficient (Wildman–Crippen LogP) is 3.91. The Hall–Kier alpha value is -2.57. The summed E-state index contributed by atoms with van der Waals surface area (Å²) in [5.74, 6) is 0.198. The number of amides is 1. The Morgan fingerprint density at radius 2 is 1.63 bits per heavy atom. The molecule has 1 amide bonds. The summed E-state index contributed by atoms with van der Waals surface area (Å²) in [5.41, 5.74) is 3.52. The summed E-state index contributed by atoms with van der Waals surface area (Å²) in [6.45, 7) is 6.33. The normalized spacial score (nSPS) is 15.9. The number of nitrogens with zero attached hydrogens (tertiary/aromatic N) is 4. The van der Waals surface area contributed by atoms with Crippen molar-refractivity contribution < 1.29 is 4.79 Å². The van der Waals surface area contributed by atoms with Crippen molar-refractivity contribution in [1.82, 2.24) is 19.4 Å². The van der Waals surface area contributed by atoms with E-state index >= 15 is 0 Å². The van der Waals surface area contributed by atoms with Crippen molar-refractivity contribution in [3.05, 3.63) is 72.4 Å². The maximum atomic E-state index is 13.0. The minimum absolute atomic E-state index is 0.157. The Morgan fingerprint density at radius 3 is 2.30 bits per heavy atom. The second kappa shape index (κ2) is 9.49. The van der Waals surface area contributed by atoms with Crippen LogP contribution in [0.15, 0.2) is 72.0 Å². The zero-order chi connectivity index (χ0) is 20.9. The molecule has 0 unspecified atom stereocenters. The fraction of sp³-hybridized carbons (Fsp3) is 0.333. The second-order valence-electron chi connectivity index (χ2n) is 7.70. The highest BCUT2D eigenvalue weighted by atomic mass is 32.2. The van der Waals surface area contributed by atoms with Crippen molar-refractivity contribution in [3.63, 3.8) is 0 Å². The SMILES string of the molecule is C[C@H](Sc1ncc(-c2ccccc2)n1C)C(=O)N1CCN(Cc2ccccc2)CC1. The highest BCUT2D eigenvalue weighted by Gasteiger charge is 2.26.